The first-order valence-corrected chi connectivity index (χ1v) is 12.5. The molecule has 3 aromatic heterocycles. The highest BCUT2D eigenvalue weighted by Crippen LogP contribution is 2.41. The van der Waals surface area contributed by atoms with Crippen LogP contribution in [0.15, 0.2) is 55.2 Å². The highest BCUT2D eigenvalue weighted by atomic mass is 19.3. The number of amides is 1. The molecule has 2 N–H and O–H groups in total. The zero-order chi connectivity index (χ0) is 26.8. The number of hydrogen-bond acceptors (Lipinski definition) is 6. The number of hydrogen-bond donors (Lipinski definition) is 1. The van der Waals surface area contributed by atoms with E-state index in [0.29, 0.717) is 51.9 Å². The number of piperidine rings is 1. The molecule has 0 aliphatic carbocycles. The number of nitrogen functional groups attached to an aromatic ring is 1. The van der Waals surface area contributed by atoms with Crippen LogP contribution in [0, 0.1) is 5.82 Å². The van der Waals surface area contributed by atoms with Crippen LogP contribution in [0.1, 0.15) is 46.9 Å². The molecule has 1 unspecified atom stereocenters. The maximum Gasteiger partial charge on any atom is 0.333 e. The molecule has 1 fully saturated rings. The van der Waals surface area contributed by atoms with E-state index in [9.17, 15) is 13.6 Å². The Balaban J connectivity index is 1.27. The highest BCUT2D eigenvalue weighted by molar-refractivity contribution is 5.99. The third-order valence-corrected chi connectivity index (χ3v) is 7.58. The lowest BCUT2D eigenvalue weighted by Gasteiger charge is -2.44. The Bertz CT molecular complexity index is 1770. The number of aromatic nitrogens is 5. The predicted molar refractivity (Wildman–Crippen MR) is 135 cm³/mol. The molecule has 0 saturated carbocycles. The van der Waals surface area contributed by atoms with Gasteiger partial charge in [-0.1, -0.05) is 12.1 Å². The van der Waals surface area contributed by atoms with Gasteiger partial charge in [-0.15, -0.1) is 0 Å². The zero-order valence-corrected chi connectivity index (χ0v) is 20.5. The van der Waals surface area contributed by atoms with Crippen molar-refractivity contribution in [2.75, 3.05) is 12.3 Å². The molecule has 0 bridgehead atoms. The van der Waals surface area contributed by atoms with Crippen LogP contribution in [0.25, 0.3) is 27.7 Å². The van der Waals surface area contributed by atoms with Crippen LogP contribution in [0.4, 0.5) is 19.0 Å². The van der Waals surface area contributed by atoms with Crippen molar-refractivity contribution in [3.63, 3.8) is 0 Å². The molecule has 5 aromatic rings. The number of likely N-dealkylation sites (tertiary alicyclic amines) is 1. The lowest BCUT2D eigenvalue weighted by molar-refractivity contribution is -0.0571. The molecule has 0 radical (unpaired) electrons. The van der Waals surface area contributed by atoms with Crippen molar-refractivity contribution in [2.24, 2.45) is 0 Å². The van der Waals surface area contributed by atoms with E-state index in [1.54, 1.807) is 21.8 Å². The molecule has 2 atom stereocenters. The number of benzene rings is 2. The lowest BCUT2D eigenvalue weighted by atomic mass is 9.85. The summed E-state index contributed by atoms with van der Waals surface area (Å²) in [5.74, 6) is -0.925. The fourth-order valence-electron chi connectivity index (χ4n) is 5.74. The van der Waals surface area contributed by atoms with Crippen LogP contribution in [0.3, 0.4) is 0 Å². The Morgan fingerprint density at radius 2 is 2.00 bits per heavy atom. The Hall–Kier alpha value is -4.45. The van der Waals surface area contributed by atoms with Crippen molar-refractivity contribution in [2.45, 2.75) is 38.1 Å². The van der Waals surface area contributed by atoms with E-state index in [2.05, 4.69) is 15.1 Å². The van der Waals surface area contributed by atoms with E-state index in [1.165, 1.54) is 24.5 Å². The number of alkyl halides is 2. The van der Waals surface area contributed by atoms with Gasteiger partial charge in [0.15, 0.2) is 0 Å². The van der Waals surface area contributed by atoms with Gasteiger partial charge in [-0.2, -0.15) is 13.9 Å². The molecule has 1 saturated heterocycles. The minimum Gasteiger partial charge on any atom is -0.382 e. The topological polar surface area (TPSA) is 104 Å². The van der Waals surface area contributed by atoms with Crippen LogP contribution in [-0.4, -0.2) is 47.6 Å². The summed E-state index contributed by atoms with van der Waals surface area (Å²) >= 11 is 0. The number of fused-ring (bicyclic) bond motifs is 6. The summed E-state index contributed by atoms with van der Waals surface area (Å²) in [4.78, 5) is 24.0. The SMILES string of the molecule is Nc1nc2cc(F)c(C(=O)N3CCCC4OCc5cc(-c6cnn(C(F)F)c6)ccc5[C@@H]43)cc2n2cncc12. The van der Waals surface area contributed by atoms with E-state index in [1.807, 2.05) is 18.2 Å². The van der Waals surface area contributed by atoms with Crippen LogP contribution in [0.2, 0.25) is 0 Å². The zero-order valence-electron chi connectivity index (χ0n) is 20.5. The largest absolute Gasteiger partial charge is 0.382 e. The highest BCUT2D eigenvalue weighted by Gasteiger charge is 2.41. The summed E-state index contributed by atoms with van der Waals surface area (Å²) in [5, 5.41) is 3.72. The molecular formula is C27H22F3N7O2. The van der Waals surface area contributed by atoms with E-state index < -0.39 is 24.3 Å². The first-order valence-electron chi connectivity index (χ1n) is 12.5. The summed E-state index contributed by atoms with van der Waals surface area (Å²) in [6, 6.07) is 7.89. The van der Waals surface area contributed by atoms with E-state index in [-0.39, 0.29) is 17.5 Å². The van der Waals surface area contributed by atoms with E-state index in [0.717, 1.165) is 17.5 Å². The molecule has 2 aliphatic heterocycles. The first kappa shape index (κ1) is 23.7. The maximum absolute atomic E-state index is 15.4. The van der Waals surface area contributed by atoms with Crippen molar-refractivity contribution in [3.05, 3.63) is 77.8 Å². The van der Waals surface area contributed by atoms with Crippen molar-refractivity contribution >= 4 is 28.3 Å². The molecule has 5 heterocycles. The first-order chi connectivity index (χ1) is 18.9. The number of halogens is 3. The average Bonchev–Trinajstić information content (AvgIpc) is 3.63. The second kappa shape index (κ2) is 8.80. The number of carbonyl (C=O) groups excluding carboxylic acids is 1. The molecule has 9 nitrogen and oxygen atoms in total. The van der Waals surface area contributed by atoms with E-state index in [4.69, 9.17) is 10.5 Å². The van der Waals surface area contributed by atoms with Gasteiger partial charge in [-0.05, 0) is 41.7 Å². The molecule has 1 amide bonds. The van der Waals surface area contributed by atoms with Gasteiger partial charge < -0.3 is 15.4 Å². The van der Waals surface area contributed by atoms with Crippen LogP contribution < -0.4 is 5.73 Å². The number of anilines is 1. The fraction of sp³-hybridized carbons (Fsp3) is 0.259. The van der Waals surface area contributed by atoms with Gasteiger partial charge in [0.05, 0.1) is 54.1 Å². The third kappa shape index (κ3) is 3.74. The molecule has 12 heteroatoms. The fourth-order valence-corrected chi connectivity index (χ4v) is 5.74. The molecule has 39 heavy (non-hydrogen) atoms. The number of rotatable bonds is 3. The second-order valence-corrected chi connectivity index (χ2v) is 9.80. The predicted octanol–water partition coefficient (Wildman–Crippen LogP) is 4.74. The minimum atomic E-state index is -2.73. The van der Waals surface area contributed by atoms with Crippen molar-refractivity contribution in [1.29, 1.82) is 0 Å². The van der Waals surface area contributed by atoms with Gasteiger partial charge >= 0.3 is 6.55 Å². The van der Waals surface area contributed by atoms with E-state index >= 15 is 4.39 Å². The number of carbonyl (C=O) groups is 1. The summed E-state index contributed by atoms with van der Waals surface area (Å²) in [6.45, 7) is -1.97. The minimum absolute atomic E-state index is 0.0760. The Labute approximate surface area is 219 Å². The van der Waals surface area contributed by atoms with Gasteiger partial charge in [0.25, 0.3) is 5.91 Å². The molecule has 2 aliphatic rings. The van der Waals surface area contributed by atoms with Gasteiger partial charge in [0.1, 0.15) is 17.2 Å². The maximum atomic E-state index is 15.4. The molecule has 198 valence electrons. The monoisotopic (exact) mass is 533 g/mol. The number of ether oxygens (including phenoxy) is 1. The van der Waals surface area contributed by atoms with Gasteiger partial charge in [0, 0.05) is 24.4 Å². The quantitative estimate of drug-likeness (QED) is 0.359. The standard InChI is InChI=1S/C27H22F3N7O2/c28-19-8-20-21(36-13-32-10-22(36)25(31)34-20)7-18(19)26(38)35-5-1-2-23-24(35)17-4-3-14(6-15(17)12-39-23)16-9-33-37(11-16)27(29)30/h3-4,6-11,13,23-24,27H,1-2,5,12H2,(H2,31,34)/t23?,24-/m0/s1. The Morgan fingerprint density at radius 3 is 2.82 bits per heavy atom. The van der Waals surface area contributed by atoms with Gasteiger partial charge in [0.2, 0.25) is 0 Å². The Morgan fingerprint density at radius 1 is 1.13 bits per heavy atom. The van der Waals surface area contributed by atoms with Crippen LogP contribution >= 0.6 is 0 Å². The summed E-state index contributed by atoms with van der Waals surface area (Å²) in [7, 11) is 0. The molecule has 0 spiro atoms. The van der Waals surface area contributed by atoms with Gasteiger partial charge in [-0.25, -0.2) is 19.0 Å². The summed E-state index contributed by atoms with van der Waals surface area (Å²) in [6.07, 6.45) is 7.02. The summed E-state index contributed by atoms with van der Waals surface area (Å²) in [5.41, 5.74) is 10.3. The normalized spacial score (nSPS) is 19.0. The summed E-state index contributed by atoms with van der Waals surface area (Å²) < 4.78 is 49.8. The molecule has 7 rings (SSSR count). The lowest BCUT2D eigenvalue weighted by Crippen LogP contribution is -2.48. The van der Waals surface area contributed by atoms with Crippen molar-refractivity contribution in [1.82, 2.24) is 29.0 Å². The number of imidazole rings is 1. The third-order valence-electron chi connectivity index (χ3n) is 7.58. The average molecular weight is 534 g/mol. The van der Waals surface area contributed by atoms with Crippen molar-refractivity contribution < 1.29 is 22.7 Å². The molecular weight excluding hydrogens is 511 g/mol. The second-order valence-electron chi connectivity index (χ2n) is 9.80. The van der Waals surface area contributed by atoms with Crippen molar-refractivity contribution in [3.8, 4) is 11.1 Å². The Kier molecular flexibility index (Phi) is 5.34. The number of nitrogens with zero attached hydrogens (tertiary/aromatic N) is 6. The van der Waals surface area contributed by atoms with Gasteiger partial charge in [-0.3, -0.25) is 9.20 Å². The van der Waals surface area contributed by atoms with Crippen LogP contribution in [-0.2, 0) is 11.3 Å². The molecule has 2 aromatic carbocycles. The number of nitrogens with two attached hydrogens (primary N) is 1. The van der Waals surface area contributed by atoms with Crippen LogP contribution in [0.5, 0.6) is 0 Å². The smallest absolute Gasteiger partial charge is 0.333 e.